The van der Waals surface area contributed by atoms with Crippen LogP contribution < -0.4 is 0 Å². The van der Waals surface area contributed by atoms with Crippen molar-refractivity contribution >= 4 is 0 Å². The number of hydrogen-bond acceptors (Lipinski definition) is 6. The van der Waals surface area contributed by atoms with Crippen LogP contribution in [0.5, 0.6) is 0 Å². The second-order valence-corrected chi connectivity index (χ2v) is 5.76. The molecule has 0 radical (unpaired) electrons. The minimum atomic E-state index is -1.56. The molecule has 6 heteroatoms. The summed E-state index contributed by atoms with van der Waals surface area (Å²) in [4.78, 5) is 0. The molecule has 0 bridgehead atoms. The van der Waals surface area contributed by atoms with Crippen molar-refractivity contribution in [3.8, 4) is 0 Å². The smallest absolute Gasteiger partial charge is 0.142 e. The lowest BCUT2D eigenvalue weighted by molar-refractivity contribution is 0.180. The molecule has 0 aromatic rings. The van der Waals surface area contributed by atoms with E-state index in [4.69, 9.17) is 0 Å². The average Bonchev–Trinajstić information content (AvgIpc) is 3.09. The van der Waals surface area contributed by atoms with Crippen molar-refractivity contribution in [2.24, 2.45) is 10.8 Å². The van der Waals surface area contributed by atoms with Gasteiger partial charge >= 0.3 is 0 Å². The molecule has 0 aromatic heterocycles. The van der Waals surface area contributed by atoms with Crippen LogP contribution >= 0.6 is 0 Å². The molecule has 0 aliphatic heterocycles. The monoisotopic (exact) mass is 198 g/mol. The molecular weight excluding hydrogens is 192 g/mol. The van der Waals surface area contributed by atoms with Crippen LogP contribution in [0, 0.1) is 10.8 Å². The topological polar surface area (TPSA) is 121 Å². The van der Waals surface area contributed by atoms with Crippen molar-refractivity contribution in [2.75, 3.05) is 0 Å². The van der Waals surface area contributed by atoms with E-state index >= 15 is 0 Å². The summed E-state index contributed by atoms with van der Waals surface area (Å²) in [5.41, 5.74) is -11.8. The highest BCUT2D eigenvalue weighted by atomic mass is 16.6. The lowest BCUT2D eigenvalue weighted by Gasteiger charge is -1.83. The van der Waals surface area contributed by atoms with Crippen molar-refractivity contribution in [1.82, 2.24) is 0 Å². The van der Waals surface area contributed by atoms with Crippen LogP contribution in [0.15, 0.2) is 0 Å². The SMILES string of the molecule is OC12C3(O)C1(O)C23C12C3(O)C1(O)C32O. The number of rotatable bonds is 1. The fourth-order valence-corrected chi connectivity index (χ4v) is 5.46. The molecule has 8 rings (SSSR count). The molecule has 0 heterocycles. The van der Waals surface area contributed by atoms with Gasteiger partial charge in [-0.2, -0.15) is 0 Å². The minimum absolute atomic E-state index is 1.22. The van der Waals surface area contributed by atoms with Gasteiger partial charge in [-0.05, 0) is 0 Å². The molecule has 6 nitrogen and oxygen atoms in total. The van der Waals surface area contributed by atoms with Crippen molar-refractivity contribution in [1.29, 1.82) is 0 Å². The normalized spacial score (nSPS) is 111. The third-order valence-electron chi connectivity index (χ3n) is 6.46. The Morgan fingerprint density at radius 2 is 0.500 bits per heavy atom. The summed E-state index contributed by atoms with van der Waals surface area (Å²) >= 11 is 0. The van der Waals surface area contributed by atoms with Gasteiger partial charge < -0.3 is 30.6 Å². The predicted molar refractivity (Wildman–Crippen MR) is 34.6 cm³/mol. The van der Waals surface area contributed by atoms with Crippen LogP contribution in [0.2, 0.25) is 0 Å². The van der Waals surface area contributed by atoms with Gasteiger partial charge in [0.1, 0.15) is 33.6 Å². The summed E-state index contributed by atoms with van der Waals surface area (Å²) in [6, 6.07) is 0. The van der Waals surface area contributed by atoms with Crippen molar-refractivity contribution in [3.05, 3.63) is 0 Å². The van der Waals surface area contributed by atoms with Crippen LogP contribution in [0.1, 0.15) is 0 Å². The summed E-state index contributed by atoms with van der Waals surface area (Å²) in [7, 11) is 0. The fraction of sp³-hybridized carbons (Fsp3) is 1.00. The summed E-state index contributed by atoms with van der Waals surface area (Å²) in [5, 5.41) is 57.8. The van der Waals surface area contributed by atoms with Crippen LogP contribution in [-0.4, -0.2) is 64.2 Å². The summed E-state index contributed by atoms with van der Waals surface area (Å²) < 4.78 is 0. The van der Waals surface area contributed by atoms with E-state index in [1.807, 2.05) is 0 Å². The van der Waals surface area contributed by atoms with E-state index in [9.17, 15) is 30.6 Å². The van der Waals surface area contributed by atoms with Gasteiger partial charge in [-0.3, -0.25) is 0 Å². The molecule has 74 valence electrons. The van der Waals surface area contributed by atoms with E-state index in [2.05, 4.69) is 0 Å². The minimum Gasteiger partial charge on any atom is -0.383 e. The molecule has 14 heavy (non-hydrogen) atoms. The van der Waals surface area contributed by atoms with E-state index in [-0.39, 0.29) is 0 Å². The standard InChI is InChI=1S/C8H6O6/c9-3-1(4(3,10)5(1,3)11)2-6(12)7(2,13)8(2,6)14/h9-14H. The first-order valence-corrected chi connectivity index (χ1v) is 4.59. The second-order valence-electron chi connectivity index (χ2n) is 5.76. The maximum atomic E-state index is 9.64. The highest BCUT2D eigenvalue weighted by molar-refractivity contribution is 6.07. The zero-order valence-corrected chi connectivity index (χ0v) is 6.68. The second kappa shape index (κ2) is 0.774. The Morgan fingerprint density at radius 3 is 0.571 bits per heavy atom. The quantitative estimate of drug-likeness (QED) is 0.252. The lowest BCUT2D eigenvalue weighted by Crippen LogP contribution is -1.95. The molecule has 0 unspecified atom stereocenters. The summed E-state index contributed by atoms with van der Waals surface area (Å²) in [6.07, 6.45) is 0. The van der Waals surface area contributed by atoms with Crippen molar-refractivity contribution < 1.29 is 30.6 Å². The van der Waals surface area contributed by atoms with Gasteiger partial charge in [0.2, 0.25) is 0 Å². The van der Waals surface area contributed by atoms with E-state index in [1.54, 1.807) is 0 Å². The molecule has 0 atom stereocenters. The zero-order chi connectivity index (χ0) is 10.0. The van der Waals surface area contributed by atoms with Crippen LogP contribution in [0.25, 0.3) is 0 Å². The number of hydrogen-bond donors (Lipinski definition) is 6. The Bertz CT molecular complexity index is 402. The fourth-order valence-electron chi connectivity index (χ4n) is 5.46. The summed E-state index contributed by atoms with van der Waals surface area (Å²) in [5.74, 6) is 0. The summed E-state index contributed by atoms with van der Waals surface area (Å²) in [6.45, 7) is 0. The first-order valence-electron chi connectivity index (χ1n) is 4.59. The average molecular weight is 198 g/mol. The van der Waals surface area contributed by atoms with Gasteiger partial charge in [-0.25, -0.2) is 0 Å². The Balaban J connectivity index is 1.66. The molecular formula is C8H6O6. The maximum absolute atomic E-state index is 9.64. The Labute approximate surface area is 76.0 Å². The van der Waals surface area contributed by atoms with Gasteiger partial charge in [0.05, 0.1) is 10.8 Å². The molecule has 0 saturated heterocycles. The van der Waals surface area contributed by atoms with Crippen molar-refractivity contribution in [3.63, 3.8) is 0 Å². The van der Waals surface area contributed by atoms with Gasteiger partial charge in [-0.1, -0.05) is 0 Å². The molecule has 8 fully saturated rings. The third kappa shape index (κ3) is 0.134. The van der Waals surface area contributed by atoms with Gasteiger partial charge in [-0.15, -0.1) is 0 Å². The van der Waals surface area contributed by atoms with E-state index < -0.39 is 44.4 Å². The van der Waals surface area contributed by atoms with Crippen LogP contribution in [0.4, 0.5) is 0 Å². The Hall–Kier alpha value is -0.240. The molecule has 0 spiro atoms. The van der Waals surface area contributed by atoms with Gasteiger partial charge in [0.25, 0.3) is 0 Å². The Kier molecular flexibility index (Phi) is 0.352. The Morgan fingerprint density at radius 1 is 0.357 bits per heavy atom. The van der Waals surface area contributed by atoms with Crippen LogP contribution in [0.3, 0.4) is 0 Å². The lowest BCUT2D eigenvalue weighted by atomic mass is 10.2. The molecule has 8 aliphatic carbocycles. The van der Waals surface area contributed by atoms with Gasteiger partial charge in [0, 0.05) is 0 Å². The first-order chi connectivity index (χ1) is 6.25. The van der Waals surface area contributed by atoms with Crippen LogP contribution in [-0.2, 0) is 0 Å². The zero-order valence-electron chi connectivity index (χ0n) is 6.68. The van der Waals surface area contributed by atoms with Gasteiger partial charge in [0.15, 0.2) is 0 Å². The van der Waals surface area contributed by atoms with E-state index in [1.165, 1.54) is 0 Å². The molecule has 8 saturated carbocycles. The highest BCUT2D eigenvalue weighted by Gasteiger charge is 3.60. The molecule has 0 aromatic carbocycles. The largest absolute Gasteiger partial charge is 0.383 e. The van der Waals surface area contributed by atoms with E-state index in [0.29, 0.717) is 0 Å². The highest BCUT2D eigenvalue weighted by Crippen LogP contribution is 3.35. The van der Waals surface area contributed by atoms with E-state index in [0.717, 1.165) is 0 Å². The molecule has 6 N–H and O–H groups in total. The predicted octanol–water partition coefficient (Wildman–Crippen LogP) is -4.57. The van der Waals surface area contributed by atoms with Crippen molar-refractivity contribution in [2.45, 2.75) is 33.6 Å². The maximum Gasteiger partial charge on any atom is 0.142 e. The number of aliphatic hydroxyl groups is 6. The third-order valence-corrected chi connectivity index (χ3v) is 6.46. The molecule has 0 amide bonds. The molecule has 8 aliphatic rings. The first kappa shape index (κ1) is 6.37.